The largest absolute Gasteiger partial charge is 0.497 e. The molecule has 31 heavy (non-hydrogen) atoms. The summed E-state index contributed by atoms with van der Waals surface area (Å²) in [7, 11) is 1.67. The number of hydrogen-bond donors (Lipinski definition) is 0. The molecule has 2 atom stereocenters. The molecule has 4 rings (SSSR count). The molecule has 0 aliphatic carbocycles. The maximum absolute atomic E-state index is 13.4. The third-order valence-corrected chi connectivity index (χ3v) is 6.68. The minimum atomic E-state index is 0.148. The fraction of sp³-hybridized carbons (Fsp3) is 0.500. The SMILES string of the molecule is COc1ccc(-c2cccc(C(=O)N3CCC(N4CC(C)OC(C)C4)CC3)c2C)cc1. The normalized spacial score (nSPS) is 23.0. The first kappa shape index (κ1) is 21.8. The van der Waals surface area contributed by atoms with Crippen LogP contribution in [0.2, 0.25) is 0 Å². The Morgan fingerprint density at radius 1 is 1.00 bits per heavy atom. The lowest BCUT2D eigenvalue weighted by molar-refractivity contribution is -0.0856. The molecule has 2 aliphatic rings. The highest BCUT2D eigenvalue weighted by Gasteiger charge is 2.32. The molecule has 2 aliphatic heterocycles. The van der Waals surface area contributed by atoms with Crippen molar-refractivity contribution in [1.29, 1.82) is 0 Å². The van der Waals surface area contributed by atoms with Gasteiger partial charge in [0.2, 0.25) is 0 Å². The van der Waals surface area contributed by atoms with E-state index in [9.17, 15) is 4.79 Å². The molecular formula is C26H34N2O3. The number of carbonyl (C=O) groups is 1. The van der Waals surface area contributed by atoms with Crippen LogP contribution >= 0.6 is 0 Å². The molecule has 0 bridgehead atoms. The number of hydrogen-bond acceptors (Lipinski definition) is 4. The van der Waals surface area contributed by atoms with Crippen LogP contribution in [0, 0.1) is 6.92 Å². The van der Waals surface area contributed by atoms with Crippen molar-refractivity contribution in [2.24, 2.45) is 0 Å². The highest BCUT2D eigenvalue weighted by atomic mass is 16.5. The number of amides is 1. The van der Waals surface area contributed by atoms with Crippen LogP contribution in [0.4, 0.5) is 0 Å². The number of nitrogens with zero attached hydrogens (tertiary/aromatic N) is 2. The van der Waals surface area contributed by atoms with Gasteiger partial charge in [-0.25, -0.2) is 0 Å². The number of carbonyl (C=O) groups excluding carboxylic acids is 1. The molecule has 2 heterocycles. The highest BCUT2D eigenvalue weighted by molar-refractivity contribution is 5.97. The van der Waals surface area contributed by atoms with Crippen LogP contribution in [0.25, 0.3) is 11.1 Å². The van der Waals surface area contributed by atoms with Gasteiger partial charge >= 0.3 is 0 Å². The van der Waals surface area contributed by atoms with Crippen molar-refractivity contribution in [3.05, 3.63) is 53.6 Å². The van der Waals surface area contributed by atoms with Gasteiger partial charge in [-0.2, -0.15) is 0 Å². The standard InChI is InChI=1S/C26H34N2O3/c1-18-16-28(17-19(2)31-18)22-12-14-27(15-13-22)26(29)25-7-5-6-24(20(25)3)21-8-10-23(30-4)11-9-21/h5-11,18-19,22H,12-17H2,1-4H3. The van der Waals surface area contributed by atoms with Gasteiger partial charge in [-0.1, -0.05) is 24.3 Å². The lowest BCUT2D eigenvalue weighted by atomic mass is 9.94. The number of piperidine rings is 1. The Balaban J connectivity index is 1.44. The van der Waals surface area contributed by atoms with Gasteiger partial charge in [0.05, 0.1) is 19.3 Å². The van der Waals surface area contributed by atoms with Crippen LogP contribution in [0.3, 0.4) is 0 Å². The number of morpholine rings is 1. The third kappa shape index (κ3) is 4.78. The number of rotatable bonds is 4. The van der Waals surface area contributed by atoms with Gasteiger partial charge in [-0.15, -0.1) is 0 Å². The van der Waals surface area contributed by atoms with E-state index in [4.69, 9.17) is 9.47 Å². The molecule has 0 radical (unpaired) electrons. The van der Waals surface area contributed by atoms with E-state index >= 15 is 0 Å². The number of likely N-dealkylation sites (tertiary alicyclic amines) is 1. The van der Waals surface area contributed by atoms with E-state index in [1.165, 1.54) is 0 Å². The first-order valence-corrected chi connectivity index (χ1v) is 11.4. The molecule has 5 nitrogen and oxygen atoms in total. The number of benzene rings is 2. The quantitative estimate of drug-likeness (QED) is 0.733. The van der Waals surface area contributed by atoms with E-state index in [0.717, 1.165) is 67.0 Å². The summed E-state index contributed by atoms with van der Waals surface area (Å²) in [6.45, 7) is 9.97. The van der Waals surface area contributed by atoms with Crippen molar-refractivity contribution < 1.29 is 14.3 Å². The Hall–Kier alpha value is -2.37. The molecule has 1 amide bonds. The van der Waals surface area contributed by atoms with Crippen molar-refractivity contribution in [3.8, 4) is 16.9 Å². The van der Waals surface area contributed by atoms with E-state index in [2.05, 4.69) is 31.7 Å². The average Bonchev–Trinajstić information content (AvgIpc) is 2.78. The Labute approximate surface area is 185 Å². The summed E-state index contributed by atoms with van der Waals surface area (Å²) in [5.41, 5.74) is 4.04. The maximum Gasteiger partial charge on any atom is 0.254 e. The zero-order valence-corrected chi connectivity index (χ0v) is 19.1. The molecule has 0 spiro atoms. The molecule has 5 heteroatoms. The Morgan fingerprint density at radius 2 is 1.65 bits per heavy atom. The monoisotopic (exact) mass is 422 g/mol. The molecular weight excluding hydrogens is 388 g/mol. The van der Waals surface area contributed by atoms with Crippen LogP contribution in [0.1, 0.15) is 42.6 Å². The van der Waals surface area contributed by atoms with Crippen molar-refractivity contribution >= 4 is 5.91 Å². The first-order chi connectivity index (χ1) is 15.0. The maximum atomic E-state index is 13.4. The molecule has 0 N–H and O–H groups in total. The third-order valence-electron chi connectivity index (χ3n) is 6.68. The van der Waals surface area contributed by atoms with E-state index in [0.29, 0.717) is 6.04 Å². The van der Waals surface area contributed by atoms with Crippen LogP contribution in [-0.2, 0) is 4.74 Å². The highest BCUT2D eigenvalue weighted by Crippen LogP contribution is 2.29. The molecule has 2 aromatic carbocycles. The molecule has 2 saturated heterocycles. The summed E-state index contributed by atoms with van der Waals surface area (Å²) in [5, 5.41) is 0. The Bertz CT molecular complexity index is 893. The molecule has 0 aromatic heterocycles. The molecule has 2 fully saturated rings. The van der Waals surface area contributed by atoms with Gasteiger partial charge in [0.1, 0.15) is 5.75 Å². The summed E-state index contributed by atoms with van der Waals surface area (Å²) in [6.07, 6.45) is 2.63. The zero-order valence-electron chi connectivity index (χ0n) is 19.1. The second kappa shape index (κ2) is 9.41. The van der Waals surface area contributed by atoms with Gasteiger partial charge in [-0.05, 0) is 68.5 Å². The second-order valence-electron chi connectivity index (χ2n) is 8.94. The average molecular weight is 423 g/mol. The molecule has 2 aromatic rings. The summed E-state index contributed by atoms with van der Waals surface area (Å²) < 4.78 is 11.2. The number of ether oxygens (including phenoxy) is 2. The summed E-state index contributed by atoms with van der Waals surface area (Å²) >= 11 is 0. The predicted octanol–water partition coefficient (Wildman–Crippen LogP) is 4.38. The van der Waals surface area contributed by atoms with E-state index < -0.39 is 0 Å². The summed E-state index contributed by atoms with van der Waals surface area (Å²) in [4.78, 5) is 18.0. The molecule has 2 unspecified atom stereocenters. The Kier molecular flexibility index (Phi) is 6.63. The number of methoxy groups -OCH3 is 1. The smallest absolute Gasteiger partial charge is 0.254 e. The van der Waals surface area contributed by atoms with Crippen LogP contribution in [0.15, 0.2) is 42.5 Å². The van der Waals surface area contributed by atoms with Gasteiger partial charge in [0, 0.05) is 37.8 Å². The molecule has 0 saturated carbocycles. The predicted molar refractivity (Wildman–Crippen MR) is 124 cm³/mol. The first-order valence-electron chi connectivity index (χ1n) is 11.4. The van der Waals surface area contributed by atoms with E-state index in [1.54, 1.807) is 7.11 Å². The van der Waals surface area contributed by atoms with Gasteiger partial charge in [0.25, 0.3) is 5.91 Å². The summed E-state index contributed by atoms with van der Waals surface area (Å²) in [6, 6.07) is 14.6. The molecule has 166 valence electrons. The van der Waals surface area contributed by atoms with E-state index in [-0.39, 0.29) is 18.1 Å². The minimum Gasteiger partial charge on any atom is -0.497 e. The van der Waals surface area contributed by atoms with Crippen molar-refractivity contribution in [2.75, 3.05) is 33.3 Å². The second-order valence-corrected chi connectivity index (χ2v) is 8.94. The zero-order chi connectivity index (χ0) is 22.0. The van der Waals surface area contributed by atoms with Crippen molar-refractivity contribution in [1.82, 2.24) is 9.80 Å². The van der Waals surface area contributed by atoms with Gasteiger partial charge in [0.15, 0.2) is 0 Å². The lowest BCUT2D eigenvalue weighted by Gasteiger charge is -2.43. The van der Waals surface area contributed by atoms with Gasteiger partial charge in [-0.3, -0.25) is 9.69 Å². The van der Waals surface area contributed by atoms with Gasteiger partial charge < -0.3 is 14.4 Å². The lowest BCUT2D eigenvalue weighted by Crippen LogP contribution is -2.53. The minimum absolute atomic E-state index is 0.148. The van der Waals surface area contributed by atoms with Crippen molar-refractivity contribution in [2.45, 2.75) is 51.9 Å². The van der Waals surface area contributed by atoms with Crippen LogP contribution in [0.5, 0.6) is 5.75 Å². The van der Waals surface area contributed by atoms with Crippen molar-refractivity contribution in [3.63, 3.8) is 0 Å². The van der Waals surface area contributed by atoms with Crippen LogP contribution < -0.4 is 4.74 Å². The Morgan fingerprint density at radius 3 is 2.26 bits per heavy atom. The summed E-state index contributed by atoms with van der Waals surface area (Å²) in [5.74, 6) is 0.982. The fourth-order valence-electron chi connectivity index (χ4n) is 5.07. The van der Waals surface area contributed by atoms with E-state index in [1.807, 2.05) is 41.3 Å². The van der Waals surface area contributed by atoms with Crippen LogP contribution in [-0.4, -0.2) is 67.2 Å². The topological polar surface area (TPSA) is 42.0 Å². The fourth-order valence-corrected chi connectivity index (χ4v) is 5.07.